The summed E-state index contributed by atoms with van der Waals surface area (Å²) in [4.78, 5) is 16.3. The quantitative estimate of drug-likeness (QED) is 0.863. The number of nitrogens with zero attached hydrogens (tertiary/aromatic N) is 2. The topological polar surface area (TPSA) is 23.6 Å². The van der Waals surface area contributed by atoms with Gasteiger partial charge in [0.2, 0.25) is 5.91 Å². The van der Waals surface area contributed by atoms with E-state index in [1.165, 1.54) is 16.8 Å². The summed E-state index contributed by atoms with van der Waals surface area (Å²) in [5, 5.41) is 0.127. The van der Waals surface area contributed by atoms with Gasteiger partial charge in [-0.2, -0.15) is 0 Å². The molecule has 0 radical (unpaired) electrons. The third kappa shape index (κ3) is 3.12. The Labute approximate surface area is 135 Å². The molecule has 1 fully saturated rings. The molecule has 1 aliphatic rings. The molecule has 0 bridgehead atoms. The van der Waals surface area contributed by atoms with Gasteiger partial charge in [-0.15, -0.1) is 11.8 Å². The van der Waals surface area contributed by atoms with Crippen LogP contribution < -0.4 is 4.90 Å². The fourth-order valence-corrected chi connectivity index (χ4v) is 3.80. The molecule has 1 saturated heterocycles. The number of hydrogen-bond acceptors (Lipinski definition) is 3. The lowest BCUT2D eigenvalue weighted by Crippen LogP contribution is -2.27. The van der Waals surface area contributed by atoms with Crippen molar-refractivity contribution < 1.29 is 4.79 Å². The number of benzene rings is 2. The van der Waals surface area contributed by atoms with Crippen LogP contribution in [0.1, 0.15) is 16.5 Å². The molecule has 1 amide bonds. The molecule has 22 heavy (non-hydrogen) atoms. The summed E-state index contributed by atoms with van der Waals surface area (Å²) in [6.07, 6.45) is 0. The van der Waals surface area contributed by atoms with Crippen LogP contribution in [0.25, 0.3) is 0 Å². The number of carbonyl (C=O) groups excluding carboxylic acids is 1. The number of rotatable bonds is 4. The minimum absolute atomic E-state index is 0.127. The molecule has 0 N–H and O–H groups in total. The molecule has 0 aromatic heterocycles. The van der Waals surface area contributed by atoms with Crippen molar-refractivity contribution in [3.05, 3.63) is 65.7 Å². The lowest BCUT2D eigenvalue weighted by atomic mass is 10.1. The predicted molar refractivity (Wildman–Crippen MR) is 93.0 cm³/mol. The molecule has 0 spiro atoms. The van der Waals surface area contributed by atoms with Crippen LogP contribution in [0.4, 0.5) is 5.69 Å². The second-order valence-corrected chi connectivity index (χ2v) is 6.73. The van der Waals surface area contributed by atoms with Crippen LogP contribution in [0.5, 0.6) is 0 Å². The molecule has 0 aliphatic carbocycles. The van der Waals surface area contributed by atoms with Crippen molar-refractivity contribution in [2.45, 2.75) is 11.9 Å². The van der Waals surface area contributed by atoms with E-state index in [4.69, 9.17) is 0 Å². The molecular formula is C18H20N2OS. The zero-order valence-electron chi connectivity index (χ0n) is 12.9. The van der Waals surface area contributed by atoms with Gasteiger partial charge in [0.1, 0.15) is 5.37 Å². The first kappa shape index (κ1) is 15.0. The zero-order valence-corrected chi connectivity index (χ0v) is 13.7. The molecule has 0 saturated carbocycles. The smallest absolute Gasteiger partial charge is 0.234 e. The van der Waals surface area contributed by atoms with Gasteiger partial charge >= 0.3 is 0 Å². The van der Waals surface area contributed by atoms with E-state index in [1.807, 2.05) is 37.2 Å². The normalized spacial score (nSPS) is 17.8. The highest BCUT2D eigenvalue weighted by molar-refractivity contribution is 8.00. The molecule has 1 heterocycles. The van der Waals surface area contributed by atoms with Gasteiger partial charge in [-0.05, 0) is 23.3 Å². The summed E-state index contributed by atoms with van der Waals surface area (Å²) < 4.78 is 0. The number of thioether (sulfide) groups is 1. The van der Waals surface area contributed by atoms with Gasteiger partial charge in [0.25, 0.3) is 0 Å². The van der Waals surface area contributed by atoms with Crippen LogP contribution >= 0.6 is 11.8 Å². The number of carbonyl (C=O) groups is 1. The first-order valence-corrected chi connectivity index (χ1v) is 8.42. The van der Waals surface area contributed by atoms with Gasteiger partial charge in [0.15, 0.2) is 0 Å². The van der Waals surface area contributed by atoms with Gasteiger partial charge in [-0.25, -0.2) is 0 Å². The Hall–Kier alpha value is -1.94. The van der Waals surface area contributed by atoms with Crippen LogP contribution in [0.3, 0.4) is 0 Å². The maximum Gasteiger partial charge on any atom is 0.234 e. The SMILES string of the molecule is CN(C)c1ccc(CN2C(=O)CSC2c2ccccc2)cc1. The summed E-state index contributed by atoms with van der Waals surface area (Å²) in [6.45, 7) is 0.666. The highest BCUT2D eigenvalue weighted by Crippen LogP contribution is 2.39. The van der Waals surface area contributed by atoms with Crippen LogP contribution in [0.2, 0.25) is 0 Å². The Bertz CT molecular complexity index is 640. The fourth-order valence-electron chi connectivity index (χ4n) is 2.62. The Kier molecular flexibility index (Phi) is 4.39. The molecule has 3 nitrogen and oxygen atoms in total. The Morgan fingerprint density at radius 1 is 1.09 bits per heavy atom. The molecule has 1 unspecified atom stereocenters. The van der Waals surface area contributed by atoms with E-state index in [-0.39, 0.29) is 11.3 Å². The monoisotopic (exact) mass is 312 g/mol. The molecule has 3 rings (SSSR count). The molecule has 2 aromatic rings. The standard InChI is InChI=1S/C18H20N2OS/c1-19(2)16-10-8-14(9-11-16)12-20-17(21)13-22-18(20)15-6-4-3-5-7-15/h3-11,18H,12-13H2,1-2H3. The maximum atomic E-state index is 12.2. The molecule has 1 atom stereocenters. The molecule has 2 aromatic carbocycles. The summed E-state index contributed by atoms with van der Waals surface area (Å²) >= 11 is 1.71. The second-order valence-electron chi connectivity index (χ2n) is 5.66. The van der Waals surface area contributed by atoms with Crippen molar-refractivity contribution in [2.75, 3.05) is 24.7 Å². The molecule has 114 valence electrons. The van der Waals surface area contributed by atoms with Crippen molar-refractivity contribution in [3.8, 4) is 0 Å². The lowest BCUT2D eigenvalue weighted by molar-refractivity contribution is -0.128. The summed E-state index contributed by atoms with van der Waals surface area (Å²) in [5.74, 6) is 0.783. The summed E-state index contributed by atoms with van der Waals surface area (Å²) in [6, 6.07) is 18.7. The van der Waals surface area contributed by atoms with E-state index >= 15 is 0 Å². The Morgan fingerprint density at radius 3 is 2.41 bits per heavy atom. The zero-order chi connectivity index (χ0) is 15.5. The predicted octanol–water partition coefficient (Wildman–Crippen LogP) is 3.53. The third-order valence-electron chi connectivity index (χ3n) is 3.86. The van der Waals surface area contributed by atoms with E-state index < -0.39 is 0 Å². The van der Waals surface area contributed by atoms with Crippen molar-refractivity contribution in [3.63, 3.8) is 0 Å². The Balaban J connectivity index is 1.78. The Morgan fingerprint density at radius 2 is 1.77 bits per heavy atom. The van der Waals surface area contributed by atoms with Crippen molar-refractivity contribution in [1.29, 1.82) is 0 Å². The van der Waals surface area contributed by atoms with E-state index in [9.17, 15) is 4.79 Å². The van der Waals surface area contributed by atoms with Gasteiger partial charge < -0.3 is 9.80 Å². The summed E-state index contributed by atoms with van der Waals surface area (Å²) in [5.41, 5.74) is 3.54. The van der Waals surface area contributed by atoms with Crippen LogP contribution in [-0.4, -0.2) is 30.7 Å². The lowest BCUT2D eigenvalue weighted by Gasteiger charge is -2.24. The third-order valence-corrected chi connectivity index (χ3v) is 5.11. The first-order chi connectivity index (χ1) is 10.6. The average molecular weight is 312 g/mol. The van der Waals surface area contributed by atoms with Crippen LogP contribution in [-0.2, 0) is 11.3 Å². The minimum Gasteiger partial charge on any atom is -0.378 e. The van der Waals surface area contributed by atoms with Gasteiger partial charge in [0, 0.05) is 26.3 Å². The van der Waals surface area contributed by atoms with Crippen molar-refractivity contribution in [1.82, 2.24) is 4.90 Å². The second kappa shape index (κ2) is 6.44. The molecular weight excluding hydrogens is 292 g/mol. The average Bonchev–Trinajstić information content (AvgIpc) is 2.90. The van der Waals surface area contributed by atoms with Gasteiger partial charge in [-0.1, -0.05) is 42.5 Å². The minimum atomic E-state index is 0.127. The van der Waals surface area contributed by atoms with E-state index in [1.54, 1.807) is 11.8 Å². The number of anilines is 1. The largest absolute Gasteiger partial charge is 0.378 e. The van der Waals surface area contributed by atoms with E-state index in [2.05, 4.69) is 41.3 Å². The van der Waals surface area contributed by atoms with E-state index in [0.717, 1.165) is 0 Å². The summed E-state index contributed by atoms with van der Waals surface area (Å²) in [7, 11) is 4.06. The fraction of sp³-hybridized carbons (Fsp3) is 0.278. The molecule has 1 aliphatic heterocycles. The van der Waals surface area contributed by atoms with Crippen LogP contribution in [0.15, 0.2) is 54.6 Å². The highest BCUT2D eigenvalue weighted by Gasteiger charge is 2.32. The maximum absolute atomic E-state index is 12.2. The number of amides is 1. The molecule has 4 heteroatoms. The van der Waals surface area contributed by atoms with Gasteiger partial charge in [0.05, 0.1) is 5.75 Å². The van der Waals surface area contributed by atoms with Crippen molar-refractivity contribution in [2.24, 2.45) is 0 Å². The van der Waals surface area contributed by atoms with E-state index in [0.29, 0.717) is 12.3 Å². The van der Waals surface area contributed by atoms with Crippen LogP contribution in [0, 0.1) is 0 Å². The first-order valence-electron chi connectivity index (χ1n) is 7.37. The van der Waals surface area contributed by atoms with Gasteiger partial charge in [-0.3, -0.25) is 4.79 Å². The van der Waals surface area contributed by atoms with Crippen molar-refractivity contribution >= 4 is 23.4 Å². The highest BCUT2D eigenvalue weighted by atomic mass is 32.2. The number of hydrogen-bond donors (Lipinski definition) is 0.